The number of likely N-dealkylation sites (tertiary alicyclic amines) is 1. The second-order valence-corrected chi connectivity index (χ2v) is 5.79. The molecule has 0 aromatic carbocycles. The summed E-state index contributed by atoms with van der Waals surface area (Å²) in [6, 6.07) is 0. The first-order valence-electron chi connectivity index (χ1n) is 7.43. The lowest BCUT2D eigenvalue weighted by atomic mass is 9.99. The van der Waals surface area contributed by atoms with Crippen LogP contribution >= 0.6 is 0 Å². The van der Waals surface area contributed by atoms with Gasteiger partial charge < -0.3 is 15.1 Å². The Hall–Kier alpha value is -0.610. The van der Waals surface area contributed by atoms with E-state index in [1.165, 1.54) is 38.8 Å². The molecule has 0 aromatic rings. The first kappa shape index (κ1) is 13.8. The second-order valence-electron chi connectivity index (χ2n) is 5.79. The highest BCUT2D eigenvalue weighted by molar-refractivity contribution is 5.76. The van der Waals surface area contributed by atoms with Crippen LogP contribution in [0, 0.1) is 5.92 Å². The normalized spacial score (nSPS) is 25.3. The number of hydrogen-bond donors (Lipinski definition) is 1. The lowest BCUT2D eigenvalue weighted by molar-refractivity contribution is -0.130. The minimum atomic E-state index is 0.312. The van der Waals surface area contributed by atoms with Crippen LogP contribution in [0.1, 0.15) is 32.1 Å². The van der Waals surface area contributed by atoms with E-state index in [1.807, 2.05) is 11.9 Å². The average molecular weight is 253 g/mol. The Bertz CT molecular complexity index is 258. The van der Waals surface area contributed by atoms with E-state index in [4.69, 9.17) is 0 Å². The van der Waals surface area contributed by atoms with Gasteiger partial charge in [-0.3, -0.25) is 4.79 Å². The topological polar surface area (TPSA) is 35.6 Å². The zero-order valence-electron chi connectivity index (χ0n) is 11.7. The van der Waals surface area contributed by atoms with E-state index >= 15 is 0 Å². The Morgan fingerprint density at radius 3 is 2.78 bits per heavy atom. The smallest absolute Gasteiger partial charge is 0.223 e. The van der Waals surface area contributed by atoms with Crippen molar-refractivity contribution in [2.75, 3.05) is 46.3 Å². The molecule has 0 aliphatic carbocycles. The third kappa shape index (κ3) is 4.25. The molecule has 1 amide bonds. The van der Waals surface area contributed by atoms with E-state index in [2.05, 4.69) is 10.2 Å². The summed E-state index contributed by atoms with van der Waals surface area (Å²) in [6.07, 6.45) is 5.81. The molecule has 2 rings (SSSR count). The molecule has 1 N–H and O–H groups in total. The zero-order chi connectivity index (χ0) is 12.8. The van der Waals surface area contributed by atoms with Crippen LogP contribution in [0.4, 0.5) is 0 Å². The summed E-state index contributed by atoms with van der Waals surface area (Å²) in [5.41, 5.74) is 0. The minimum absolute atomic E-state index is 0.312. The molecule has 0 aromatic heterocycles. The summed E-state index contributed by atoms with van der Waals surface area (Å²) in [5.74, 6) is 0.965. The van der Waals surface area contributed by atoms with Crippen molar-refractivity contribution in [1.29, 1.82) is 0 Å². The molecule has 4 heteroatoms. The van der Waals surface area contributed by atoms with E-state index in [1.54, 1.807) is 0 Å². The van der Waals surface area contributed by atoms with Crippen LogP contribution in [-0.2, 0) is 4.79 Å². The van der Waals surface area contributed by atoms with Crippen molar-refractivity contribution >= 4 is 5.91 Å². The summed E-state index contributed by atoms with van der Waals surface area (Å²) in [6.45, 7) is 6.46. The molecule has 2 saturated heterocycles. The molecule has 2 fully saturated rings. The Balaban J connectivity index is 1.63. The summed E-state index contributed by atoms with van der Waals surface area (Å²) < 4.78 is 0. The summed E-state index contributed by atoms with van der Waals surface area (Å²) in [7, 11) is 1.96. The molecule has 0 saturated carbocycles. The molecule has 18 heavy (non-hydrogen) atoms. The molecule has 2 aliphatic heterocycles. The second kappa shape index (κ2) is 7.10. The molecule has 1 unspecified atom stereocenters. The summed E-state index contributed by atoms with van der Waals surface area (Å²) in [4.78, 5) is 16.4. The van der Waals surface area contributed by atoms with Gasteiger partial charge in [0.2, 0.25) is 5.91 Å². The first-order valence-corrected chi connectivity index (χ1v) is 7.43. The summed E-state index contributed by atoms with van der Waals surface area (Å²) in [5, 5.41) is 3.41. The van der Waals surface area contributed by atoms with Crippen molar-refractivity contribution in [2.24, 2.45) is 5.92 Å². The molecule has 0 bridgehead atoms. The third-order valence-electron chi connectivity index (χ3n) is 4.20. The Morgan fingerprint density at radius 2 is 2.11 bits per heavy atom. The molecule has 4 nitrogen and oxygen atoms in total. The van der Waals surface area contributed by atoms with E-state index in [0.29, 0.717) is 18.2 Å². The van der Waals surface area contributed by atoms with Crippen molar-refractivity contribution < 1.29 is 4.79 Å². The molecule has 0 spiro atoms. The highest BCUT2D eigenvalue weighted by Gasteiger charge is 2.19. The fourth-order valence-electron chi connectivity index (χ4n) is 3.02. The third-order valence-corrected chi connectivity index (χ3v) is 4.20. The molecule has 2 aliphatic rings. The molecular weight excluding hydrogens is 226 g/mol. The van der Waals surface area contributed by atoms with Gasteiger partial charge in [0.05, 0.1) is 0 Å². The number of carbonyl (C=O) groups excluding carboxylic acids is 1. The van der Waals surface area contributed by atoms with Crippen LogP contribution in [-0.4, -0.2) is 62.0 Å². The molecular formula is C14H27N3O. The van der Waals surface area contributed by atoms with Gasteiger partial charge in [-0.1, -0.05) is 0 Å². The van der Waals surface area contributed by atoms with Gasteiger partial charge >= 0.3 is 0 Å². The van der Waals surface area contributed by atoms with Gasteiger partial charge in [-0.15, -0.1) is 0 Å². The van der Waals surface area contributed by atoms with Crippen LogP contribution in [0.3, 0.4) is 0 Å². The van der Waals surface area contributed by atoms with Crippen LogP contribution < -0.4 is 5.32 Å². The van der Waals surface area contributed by atoms with E-state index in [-0.39, 0.29) is 0 Å². The number of nitrogens with zero attached hydrogens (tertiary/aromatic N) is 2. The van der Waals surface area contributed by atoms with E-state index in [0.717, 1.165) is 26.2 Å². The Labute approximate surface area is 111 Å². The van der Waals surface area contributed by atoms with Gasteiger partial charge in [0, 0.05) is 26.6 Å². The van der Waals surface area contributed by atoms with Crippen molar-refractivity contribution in [3.05, 3.63) is 0 Å². The number of rotatable bonds is 5. The SMILES string of the molecule is CN(CC1CCCNC1)C(=O)CCN1CCCC1. The lowest BCUT2D eigenvalue weighted by Gasteiger charge is -2.28. The number of amides is 1. The van der Waals surface area contributed by atoms with Gasteiger partial charge in [-0.05, 0) is 57.8 Å². The maximum absolute atomic E-state index is 12.1. The van der Waals surface area contributed by atoms with Crippen LogP contribution in [0.2, 0.25) is 0 Å². The van der Waals surface area contributed by atoms with Crippen molar-refractivity contribution in [3.8, 4) is 0 Å². The summed E-state index contributed by atoms with van der Waals surface area (Å²) >= 11 is 0. The van der Waals surface area contributed by atoms with Crippen molar-refractivity contribution in [2.45, 2.75) is 32.1 Å². The maximum Gasteiger partial charge on any atom is 0.223 e. The van der Waals surface area contributed by atoms with Gasteiger partial charge in [0.25, 0.3) is 0 Å². The quantitative estimate of drug-likeness (QED) is 0.792. The van der Waals surface area contributed by atoms with Gasteiger partial charge in [-0.25, -0.2) is 0 Å². The fourth-order valence-corrected chi connectivity index (χ4v) is 3.02. The average Bonchev–Trinajstić information content (AvgIpc) is 2.90. The Kier molecular flexibility index (Phi) is 5.45. The van der Waals surface area contributed by atoms with Crippen LogP contribution in [0.5, 0.6) is 0 Å². The number of piperidine rings is 1. The zero-order valence-corrected chi connectivity index (χ0v) is 11.7. The first-order chi connectivity index (χ1) is 8.75. The predicted octanol–water partition coefficient (Wildman–Crippen LogP) is 0.930. The highest BCUT2D eigenvalue weighted by atomic mass is 16.2. The standard InChI is InChI=1S/C14H27N3O/c1-16(12-13-5-4-7-15-11-13)14(18)6-10-17-8-2-3-9-17/h13,15H,2-12H2,1H3. The molecule has 2 heterocycles. The van der Waals surface area contributed by atoms with Crippen molar-refractivity contribution in [3.63, 3.8) is 0 Å². The fraction of sp³-hybridized carbons (Fsp3) is 0.929. The largest absolute Gasteiger partial charge is 0.345 e. The predicted molar refractivity (Wildman–Crippen MR) is 73.5 cm³/mol. The van der Waals surface area contributed by atoms with E-state index < -0.39 is 0 Å². The monoisotopic (exact) mass is 253 g/mol. The van der Waals surface area contributed by atoms with Gasteiger partial charge in [0.1, 0.15) is 0 Å². The highest BCUT2D eigenvalue weighted by Crippen LogP contribution is 2.12. The van der Waals surface area contributed by atoms with Gasteiger partial charge in [0.15, 0.2) is 0 Å². The van der Waals surface area contributed by atoms with Crippen LogP contribution in [0.15, 0.2) is 0 Å². The van der Waals surface area contributed by atoms with Crippen molar-refractivity contribution in [1.82, 2.24) is 15.1 Å². The maximum atomic E-state index is 12.1. The number of carbonyl (C=O) groups is 1. The molecule has 1 atom stereocenters. The van der Waals surface area contributed by atoms with Crippen LogP contribution in [0.25, 0.3) is 0 Å². The number of hydrogen-bond acceptors (Lipinski definition) is 3. The van der Waals surface area contributed by atoms with E-state index in [9.17, 15) is 4.79 Å². The minimum Gasteiger partial charge on any atom is -0.345 e. The molecule has 104 valence electrons. The lowest BCUT2D eigenvalue weighted by Crippen LogP contribution is -2.40. The Morgan fingerprint density at radius 1 is 1.33 bits per heavy atom. The number of nitrogens with one attached hydrogen (secondary N) is 1. The van der Waals surface area contributed by atoms with Gasteiger partial charge in [-0.2, -0.15) is 0 Å². The molecule has 0 radical (unpaired) electrons.